The zero-order chi connectivity index (χ0) is 12.0. The molecule has 0 fully saturated rings. The first-order chi connectivity index (χ1) is 7.61. The maximum Gasteiger partial charge on any atom is 0.224 e. The van der Waals surface area contributed by atoms with Crippen molar-refractivity contribution in [3.05, 3.63) is 29.8 Å². The van der Waals surface area contributed by atoms with Crippen LogP contribution in [0, 0.1) is 0 Å². The van der Waals surface area contributed by atoms with Gasteiger partial charge in [-0.3, -0.25) is 4.79 Å². The Morgan fingerprint density at radius 1 is 1.31 bits per heavy atom. The number of carbonyl (C=O) groups is 1. The Morgan fingerprint density at radius 2 is 1.94 bits per heavy atom. The van der Waals surface area contributed by atoms with Crippen LogP contribution in [0.5, 0.6) is 5.75 Å². The van der Waals surface area contributed by atoms with E-state index in [0.29, 0.717) is 0 Å². The molecule has 1 atom stereocenters. The van der Waals surface area contributed by atoms with Crippen molar-refractivity contribution in [2.75, 3.05) is 13.2 Å². The van der Waals surface area contributed by atoms with Gasteiger partial charge < -0.3 is 20.6 Å². The highest BCUT2D eigenvalue weighted by Crippen LogP contribution is 2.09. The third-order valence-electron chi connectivity index (χ3n) is 2.05. The minimum Gasteiger partial charge on any atom is -0.508 e. The fourth-order valence-corrected chi connectivity index (χ4v) is 1.16. The average Bonchev–Trinajstić information content (AvgIpc) is 2.29. The lowest BCUT2D eigenvalue weighted by atomic mass is 10.1. The molecule has 0 aliphatic heterocycles. The Kier molecular flexibility index (Phi) is 4.75. The van der Waals surface area contributed by atoms with Crippen LogP contribution in [0.2, 0.25) is 0 Å². The van der Waals surface area contributed by atoms with Crippen molar-refractivity contribution in [1.82, 2.24) is 5.32 Å². The van der Waals surface area contributed by atoms with Crippen LogP contribution in [0.25, 0.3) is 0 Å². The molecule has 5 heteroatoms. The Labute approximate surface area is 93.4 Å². The molecule has 0 saturated carbocycles. The third kappa shape index (κ3) is 4.29. The number of aliphatic hydroxyl groups is 2. The molecule has 0 spiro atoms. The van der Waals surface area contributed by atoms with Gasteiger partial charge in [0, 0.05) is 6.54 Å². The van der Waals surface area contributed by atoms with Gasteiger partial charge in [-0.05, 0) is 17.7 Å². The SMILES string of the molecule is O=C(Cc1ccc(O)cc1)NCC(O)CO. The van der Waals surface area contributed by atoms with Crippen LogP contribution < -0.4 is 5.32 Å². The van der Waals surface area contributed by atoms with Crippen molar-refractivity contribution in [3.8, 4) is 5.75 Å². The molecule has 0 aliphatic rings. The van der Waals surface area contributed by atoms with E-state index in [-0.39, 0.29) is 31.2 Å². The highest BCUT2D eigenvalue weighted by Gasteiger charge is 2.06. The monoisotopic (exact) mass is 225 g/mol. The second-order valence-corrected chi connectivity index (χ2v) is 3.48. The Bertz CT molecular complexity index is 336. The number of phenols is 1. The van der Waals surface area contributed by atoms with Crippen molar-refractivity contribution in [2.45, 2.75) is 12.5 Å². The molecular weight excluding hydrogens is 210 g/mol. The lowest BCUT2D eigenvalue weighted by Gasteiger charge is -2.08. The average molecular weight is 225 g/mol. The van der Waals surface area contributed by atoms with Crippen LogP contribution in [-0.4, -0.2) is 40.5 Å². The maximum atomic E-state index is 11.4. The molecule has 1 aromatic rings. The van der Waals surface area contributed by atoms with Crippen molar-refractivity contribution in [2.24, 2.45) is 0 Å². The minimum atomic E-state index is -0.927. The van der Waals surface area contributed by atoms with Crippen LogP contribution in [0.4, 0.5) is 0 Å². The summed E-state index contributed by atoms with van der Waals surface area (Å²) in [5, 5.41) is 29.1. The van der Waals surface area contributed by atoms with E-state index in [4.69, 9.17) is 15.3 Å². The molecule has 0 aliphatic carbocycles. The topological polar surface area (TPSA) is 89.8 Å². The van der Waals surface area contributed by atoms with E-state index in [1.807, 2.05) is 0 Å². The fraction of sp³-hybridized carbons (Fsp3) is 0.364. The number of nitrogens with one attached hydrogen (secondary N) is 1. The van der Waals surface area contributed by atoms with Crippen molar-refractivity contribution in [1.29, 1.82) is 0 Å². The molecule has 1 aromatic carbocycles. The van der Waals surface area contributed by atoms with E-state index in [0.717, 1.165) is 5.56 Å². The van der Waals surface area contributed by atoms with Gasteiger partial charge in [0.05, 0.1) is 19.1 Å². The summed E-state index contributed by atoms with van der Waals surface area (Å²) in [5.74, 6) is -0.0851. The summed E-state index contributed by atoms with van der Waals surface area (Å²) in [5.41, 5.74) is 0.772. The van der Waals surface area contributed by atoms with Crippen molar-refractivity contribution < 1.29 is 20.1 Å². The molecule has 4 N–H and O–H groups in total. The number of aromatic hydroxyl groups is 1. The zero-order valence-electron chi connectivity index (χ0n) is 8.76. The molecule has 0 saturated heterocycles. The summed E-state index contributed by atoms with van der Waals surface area (Å²) in [4.78, 5) is 11.4. The molecule has 88 valence electrons. The van der Waals surface area contributed by atoms with E-state index in [1.165, 1.54) is 12.1 Å². The highest BCUT2D eigenvalue weighted by atomic mass is 16.3. The number of carbonyl (C=O) groups excluding carboxylic acids is 1. The summed E-state index contributed by atoms with van der Waals surface area (Å²) in [7, 11) is 0. The Morgan fingerprint density at radius 3 is 2.50 bits per heavy atom. The normalized spacial score (nSPS) is 12.1. The summed E-state index contributed by atoms with van der Waals surface area (Å²) in [6, 6.07) is 6.31. The lowest BCUT2D eigenvalue weighted by Crippen LogP contribution is -2.34. The van der Waals surface area contributed by atoms with Crippen LogP contribution in [0.15, 0.2) is 24.3 Å². The number of amides is 1. The second kappa shape index (κ2) is 6.09. The van der Waals surface area contributed by atoms with Gasteiger partial charge >= 0.3 is 0 Å². The van der Waals surface area contributed by atoms with Crippen molar-refractivity contribution >= 4 is 5.91 Å². The standard InChI is InChI=1S/C11H15NO4/c13-7-10(15)6-12-11(16)5-8-1-3-9(14)4-2-8/h1-4,10,13-15H,5-7H2,(H,12,16). The Hall–Kier alpha value is -1.59. The molecule has 0 heterocycles. The molecule has 0 bridgehead atoms. The number of hydrogen-bond acceptors (Lipinski definition) is 4. The fourth-order valence-electron chi connectivity index (χ4n) is 1.16. The molecule has 1 rings (SSSR count). The van der Waals surface area contributed by atoms with Gasteiger partial charge in [0.25, 0.3) is 0 Å². The van der Waals surface area contributed by atoms with E-state index in [9.17, 15) is 4.79 Å². The van der Waals surface area contributed by atoms with E-state index in [1.54, 1.807) is 12.1 Å². The van der Waals surface area contributed by atoms with Gasteiger partial charge in [-0.2, -0.15) is 0 Å². The van der Waals surface area contributed by atoms with Gasteiger partial charge in [-0.1, -0.05) is 12.1 Å². The maximum absolute atomic E-state index is 11.4. The van der Waals surface area contributed by atoms with Gasteiger partial charge in [0.15, 0.2) is 0 Å². The third-order valence-corrected chi connectivity index (χ3v) is 2.05. The van der Waals surface area contributed by atoms with Gasteiger partial charge in [0.2, 0.25) is 5.91 Å². The van der Waals surface area contributed by atoms with Crippen molar-refractivity contribution in [3.63, 3.8) is 0 Å². The summed E-state index contributed by atoms with van der Waals surface area (Å²) < 4.78 is 0. The lowest BCUT2D eigenvalue weighted by molar-refractivity contribution is -0.121. The number of aliphatic hydroxyl groups excluding tert-OH is 2. The highest BCUT2D eigenvalue weighted by molar-refractivity contribution is 5.78. The van der Waals surface area contributed by atoms with E-state index >= 15 is 0 Å². The van der Waals surface area contributed by atoms with Crippen LogP contribution in [-0.2, 0) is 11.2 Å². The summed E-state index contributed by atoms with van der Waals surface area (Å²) >= 11 is 0. The molecule has 1 amide bonds. The number of rotatable bonds is 5. The quantitative estimate of drug-likeness (QED) is 0.539. The Balaban J connectivity index is 2.37. The molecule has 16 heavy (non-hydrogen) atoms. The largest absolute Gasteiger partial charge is 0.508 e. The summed E-state index contributed by atoms with van der Waals surface area (Å²) in [6.45, 7) is -0.340. The van der Waals surface area contributed by atoms with E-state index < -0.39 is 6.10 Å². The van der Waals surface area contributed by atoms with Crippen LogP contribution in [0.1, 0.15) is 5.56 Å². The molecular formula is C11H15NO4. The van der Waals surface area contributed by atoms with Gasteiger partial charge in [-0.25, -0.2) is 0 Å². The van der Waals surface area contributed by atoms with Crippen LogP contribution in [0.3, 0.4) is 0 Å². The predicted octanol–water partition coefficient (Wildman–Crippen LogP) is -0.596. The number of phenolic OH excluding ortho intramolecular Hbond substituents is 1. The summed E-state index contributed by atoms with van der Waals surface area (Å²) in [6.07, 6.45) is -0.748. The first kappa shape index (κ1) is 12.5. The van der Waals surface area contributed by atoms with Gasteiger partial charge in [0.1, 0.15) is 5.75 Å². The first-order valence-corrected chi connectivity index (χ1v) is 4.95. The predicted molar refractivity (Wildman–Crippen MR) is 57.9 cm³/mol. The van der Waals surface area contributed by atoms with Gasteiger partial charge in [-0.15, -0.1) is 0 Å². The molecule has 0 radical (unpaired) electrons. The smallest absolute Gasteiger partial charge is 0.224 e. The number of hydrogen-bond donors (Lipinski definition) is 4. The second-order valence-electron chi connectivity index (χ2n) is 3.48. The first-order valence-electron chi connectivity index (χ1n) is 4.95. The van der Waals surface area contributed by atoms with E-state index in [2.05, 4.69) is 5.32 Å². The molecule has 5 nitrogen and oxygen atoms in total. The minimum absolute atomic E-state index is 0.0351. The molecule has 0 aromatic heterocycles. The van der Waals surface area contributed by atoms with Crippen LogP contribution >= 0.6 is 0 Å². The zero-order valence-corrected chi connectivity index (χ0v) is 8.76. The number of benzene rings is 1. The molecule has 1 unspecified atom stereocenters.